The number of aryl methyl sites for hydroxylation is 1. The number of carbonyl (C=O) groups excluding carboxylic acids is 2. The van der Waals surface area contributed by atoms with Crippen molar-refractivity contribution in [2.24, 2.45) is 5.41 Å². The van der Waals surface area contributed by atoms with E-state index in [9.17, 15) is 14.0 Å². The van der Waals surface area contributed by atoms with Gasteiger partial charge in [-0.2, -0.15) is 0 Å². The molecule has 0 spiro atoms. The summed E-state index contributed by atoms with van der Waals surface area (Å²) in [5.74, 6) is 1.59. The van der Waals surface area contributed by atoms with Gasteiger partial charge in [0.1, 0.15) is 23.4 Å². The Morgan fingerprint density at radius 3 is 2.50 bits per heavy atom. The second kappa shape index (κ2) is 14.7. The molecule has 8 nitrogen and oxygen atoms in total. The molecular formula is C33H47FN4O4. The number of benzene rings is 2. The molecule has 4 rings (SSSR count). The Labute approximate surface area is 249 Å². The van der Waals surface area contributed by atoms with E-state index in [1.807, 2.05) is 37.8 Å². The van der Waals surface area contributed by atoms with Crippen LogP contribution in [0.2, 0.25) is 0 Å². The summed E-state index contributed by atoms with van der Waals surface area (Å²) in [6, 6.07) is 11.3. The molecule has 2 heterocycles. The Hall–Kier alpha value is -3.33. The highest BCUT2D eigenvalue weighted by Crippen LogP contribution is 2.36. The van der Waals surface area contributed by atoms with Crippen molar-refractivity contribution in [1.82, 2.24) is 15.5 Å². The van der Waals surface area contributed by atoms with E-state index in [2.05, 4.69) is 27.7 Å². The highest BCUT2D eigenvalue weighted by Gasteiger charge is 2.31. The first-order valence-electron chi connectivity index (χ1n) is 15.2. The summed E-state index contributed by atoms with van der Waals surface area (Å²) in [6.07, 6.45) is 4.39. The standard InChI is InChI=1S/C33H47FN4O4/c1-33(2,3)32(40)38-15-10-25(11-16-38)30-19-24(6-8-31(30)41-4)5-7-28(9-12-36-23-39)42-29-21-26(34)20-27(22-29)37-17-13-35-14-18-37/h6,8,19-23,25,28,35H,5,7,9-18H2,1-4H3,(H,36,39). The normalized spacial score (nSPS) is 17.1. The number of methoxy groups -OCH3 is 1. The maximum Gasteiger partial charge on any atom is 0.227 e. The molecule has 0 aromatic heterocycles. The maximum atomic E-state index is 14.6. The Morgan fingerprint density at radius 1 is 1.10 bits per heavy atom. The van der Waals surface area contributed by atoms with Crippen LogP contribution in [0.1, 0.15) is 63.5 Å². The third-order valence-electron chi connectivity index (χ3n) is 8.25. The number of hydrogen-bond acceptors (Lipinski definition) is 6. The largest absolute Gasteiger partial charge is 0.496 e. The van der Waals surface area contributed by atoms with E-state index in [-0.39, 0.29) is 23.2 Å². The van der Waals surface area contributed by atoms with E-state index in [0.717, 1.165) is 70.0 Å². The Bertz CT molecular complexity index is 1190. The lowest BCUT2D eigenvalue weighted by Gasteiger charge is -2.36. The van der Waals surface area contributed by atoms with Crippen molar-refractivity contribution in [1.29, 1.82) is 0 Å². The first-order chi connectivity index (χ1) is 20.2. The lowest BCUT2D eigenvalue weighted by molar-refractivity contribution is -0.140. The molecule has 0 saturated carbocycles. The molecule has 230 valence electrons. The van der Waals surface area contributed by atoms with Gasteiger partial charge in [0.25, 0.3) is 0 Å². The third-order valence-corrected chi connectivity index (χ3v) is 8.25. The second-order valence-electron chi connectivity index (χ2n) is 12.4. The molecule has 2 fully saturated rings. The number of nitrogens with zero attached hydrogens (tertiary/aromatic N) is 2. The van der Waals surface area contributed by atoms with Crippen molar-refractivity contribution in [3.8, 4) is 11.5 Å². The number of anilines is 1. The molecule has 1 atom stereocenters. The van der Waals surface area contributed by atoms with Gasteiger partial charge in [0.05, 0.1) is 7.11 Å². The van der Waals surface area contributed by atoms with Crippen molar-refractivity contribution in [3.63, 3.8) is 0 Å². The van der Waals surface area contributed by atoms with Crippen LogP contribution in [0.5, 0.6) is 11.5 Å². The van der Waals surface area contributed by atoms with Gasteiger partial charge < -0.3 is 29.9 Å². The first-order valence-corrected chi connectivity index (χ1v) is 15.2. The topological polar surface area (TPSA) is 83.1 Å². The van der Waals surface area contributed by atoms with Gasteiger partial charge in [0.2, 0.25) is 12.3 Å². The number of piperidine rings is 1. The summed E-state index contributed by atoms with van der Waals surface area (Å²) in [4.78, 5) is 27.8. The summed E-state index contributed by atoms with van der Waals surface area (Å²) >= 11 is 0. The molecule has 2 amide bonds. The fourth-order valence-electron chi connectivity index (χ4n) is 5.93. The maximum absolute atomic E-state index is 14.6. The van der Waals surface area contributed by atoms with Gasteiger partial charge in [-0.05, 0) is 54.9 Å². The average molecular weight is 583 g/mol. The van der Waals surface area contributed by atoms with Gasteiger partial charge in [-0.3, -0.25) is 9.59 Å². The van der Waals surface area contributed by atoms with Crippen LogP contribution >= 0.6 is 0 Å². The number of nitrogens with one attached hydrogen (secondary N) is 2. The molecule has 0 aliphatic carbocycles. The number of ether oxygens (including phenoxy) is 2. The van der Waals surface area contributed by atoms with Crippen molar-refractivity contribution >= 4 is 18.0 Å². The lowest BCUT2D eigenvalue weighted by Crippen LogP contribution is -2.43. The lowest BCUT2D eigenvalue weighted by atomic mass is 9.86. The van der Waals surface area contributed by atoms with Crippen LogP contribution in [-0.2, 0) is 16.0 Å². The second-order valence-corrected chi connectivity index (χ2v) is 12.4. The molecule has 0 bridgehead atoms. The monoisotopic (exact) mass is 582 g/mol. The molecule has 2 aromatic rings. The van der Waals surface area contributed by atoms with E-state index in [0.29, 0.717) is 37.5 Å². The molecule has 42 heavy (non-hydrogen) atoms. The Balaban J connectivity index is 1.43. The fraction of sp³-hybridized carbons (Fsp3) is 0.576. The molecule has 2 aliphatic rings. The van der Waals surface area contributed by atoms with Gasteiger partial charge in [-0.25, -0.2) is 4.39 Å². The number of rotatable bonds is 12. The zero-order chi connectivity index (χ0) is 30.1. The molecule has 2 saturated heterocycles. The predicted octanol–water partition coefficient (Wildman–Crippen LogP) is 4.51. The SMILES string of the molecule is COc1ccc(CCC(CCNC=O)Oc2cc(F)cc(N3CCNCC3)c2)cc1C1CCN(C(=O)C(C)(C)C)CC1. The number of piperazine rings is 1. The van der Waals surface area contributed by atoms with E-state index < -0.39 is 0 Å². The van der Waals surface area contributed by atoms with Crippen molar-refractivity contribution in [2.75, 3.05) is 57.8 Å². The average Bonchev–Trinajstić information content (AvgIpc) is 2.99. The van der Waals surface area contributed by atoms with Crippen molar-refractivity contribution in [3.05, 3.63) is 53.3 Å². The van der Waals surface area contributed by atoms with Crippen molar-refractivity contribution in [2.45, 2.75) is 64.9 Å². The van der Waals surface area contributed by atoms with Gasteiger partial charge in [-0.15, -0.1) is 0 Å². The van der Waals surface area contributed by atoms with E-state index >= 15 is 0 Å². The molecule has 2 aliphatic heterocycles. The quantitative estimate of drug-likeness (QED) is 0.283. The molecule has 1 unspecified atom stereocenters. The van der Waals surface area contributed by atoms with Gasteiger partial charge in [0, 0.05) is 75.5 Å². The number of amides is 2. The molecule has 2 aromatic carbocycles. The van der Waals surface area contributed by atoms with Crippen molar-refractivity contribution < 1.29 is 23.5 Å². The molecule has 2 N–H and O–H groups in total. The van der Waals surface area contributed by atoms with Gasteiger partial charge in [-0.1, -0.05) is 32.9 Å². The van der Waals surface area contributed by atoms with Crippen LogP contribution < -0.4 is 25.0 Å². The number of carbonyl (C=O) groups is 2. The third kappa shape index (κ3) is 8.60. The van der Waals surface area contributed by atoms with E-state index in [1.165, 1.54) is 17.2 Å². The van der Waals surface area contributed by atoms with E-state index in [1.54, 1.807) is 13.2 Å². The smallest absolute Gasteiger partial charge is 0.227 e. The minimum absolute atomic E-state index is 0.202. The van der Waals surface area contributed by atoms with Gasteiger partial charge in [0.15, 0.2) is 0 Å². The zero-order valence-corrected chi connectivity index (χ0v) is 25.6. The van der Waals surface area contributed by atoms with Crippen LogP contribution in [0.4, 0.5) is 10.1 Å². The molecule has 0 radical (unpaired) electrons. The summed E-state index contributed by atoms with van der Waals surface area (Å²) < 4.78 is 26.7. The minimum atomic E-state index is -0.373. The molecule has 9 heteroatoms. The summed E-state index contributed by atoms with van der Waals surface area (Å²) in [5.41, 5.74) is 2.81. The Morgan fingerprint density at radius 2 is 1.83 bits per heavy atom. The van der Waals surface area contributed by atoms with Crippen LogP contribution in [0, 0.1) is 11.2 Å². The summed E-state index contributed by atoms with van der Waals surface area (Å²) in [6.45, 7) is 11.3. The molecular weight excluding hydrogens is 535 g/mol. The highest BCUT2D eigenvalue weighted by atomic mass is 19.1. The van der Waals surface area contributed by atoms with Crippen LogP contribution in [0.15, 0.2) is 36.4 Å². The Kier molecular flexibility index (Phi) is 11.1. The highest BCUT2D eigenvalue weighted by molar-refractivity contribution is 5.81. The zero-order valence-electron chi connectivity index (χ0n) is 25.6. The van der Waals surface area contributed by atoms with E-state index in [4.69, 9.17) is 9.47 Å². The number of likely N-dealkylation sites (tertiary alicyclic amines) is 1. The minimum Gasteiger partial charge on any atom is -0.496 e. The summed E-state index contributed by atoms with van der Waals surface area (Å²) in [5, 5.41) is 6.06. The predicted molar refractivity (Wildman–Crippen MR) is 164 cm³/mol. The van der Waals surface area contributed by atoms with Crippen LogP contribution in [0.3, 0.4) is 0 Å². The summed E-state index contributed by atoms with van der Waals surface area (Å²) in [7, 11) is 1.70. The first kappa shape index (κ1) is 31.6. The van der Waals surface area contributed by atoms with Crippen LogP contribution in [0.25, 0.3) is 0 Å². The number of hydrogen-bond donors (Lipinski definition) is 2. The van der Waals surface area contributed by atoms with Crippen LogP contribution in [-0.4, -0.2) is 76.2 Å². The fourth-order valence-corrected chi connectivity index (χ4v) is 5.93. The van der Waals surface area contributed by atoms with Gasteiger partial charge >= 0.3 is 0 Å². The number of halogens is 1.